The first-order valence-corrected chi connectivity index (χ1v) is 11.3. The summed E-state index contributed by atoms with van der Waals surface area (Å²) in [5.74, 6) is -0.590. The van der Waals surface area contributed by atoms with Gasteiger partial charge in [0.05, 0.1) is 11.6 Å². The topological polar surface area (TPSA) is 92.3 Å². The highest BCUT2D eigenvalue weighted by Gasteiger charge is 2.31. The second kappa shape index (κ2) is 9.40. The van der Waals surface area contributed by atoms with Crippen molar-refractivity contribution in [1.29, 1.82) is 0 Å². The Morgan fingerprint density at radius 1 is 1.19 bits per heavy atom. The van der Waals surface area contributed by atoms with Gasteiger partial charge in [0.1, 0.15) is 9.88 Å². The number of hydrogen-bond acceptors (Lipinski definition) is 6. The van der Waals surface area contributed by atoms with Crippen LogP contribution in [0.1, 0.15) is 45.5 Å². The van der Waals surface area contributed by atoms with E-state index in [4.69, 9.17) is 0 Å². The summed E-state index contributed by atoms with van der Waals surface area (Å²) in [6, 6.07) is 10.7. The van der Waals surface area contributed by atoms with Crippen LogP contribution in [0.4, 0.5) is 5.69 Å². The quantitative estimate of drug-likeness (QED) is 0.591. The number of pyridine rings is 1. The summed E-state index contributed by atoms with van der Waals surface area (Å²) >= 11 is 1.36. The Bertz CT molecular complexity index is 1160. The second-order valence-electron chi connectivity index (χ2n) is 7.89. The molecule has 0 spiro atoms. The van der Waals surface area contributed by atoms with Crippen LogP contribution in [-0.4, -0.2) is 45.6 Å². The van der Waals surface area contributed by atoms with Crippen molar-refractivity contribution >= 4 is 34.6 Å². The monoisotopic (exact) mass is 448 g/mol. The summed E-state index contributed by atoms with van der Waals surface area (Å²) in [5, 5.41) is 3.66. The standard InChI is InChI=1S/C24H24N4O3S/c1-15-21(32-23(26-15)18-7-4-10-25-13-18)24(31)28-11-5-8-19(14-28)22(30)27-20-9-3-6-17(12-20)16(2)29/h3-4,6-7,9-10,12-13,19H,5,8,11,14H2,1-2H3,(H,27,30). The molecule has 3 aromatic rings. The third-order valence-corrected chi connectivity index (χ3v) is 6.71. The van der Waals surface area contributed by atoms with Crippen LogP contribution in [0.25, 0.3) is 10.6 Å². The van der Waals surface area contributed by atoms with E-state index in [9.17, 15) is 14.4 Å². The minimum Gasteiger partial charge on any atom is -0.337 e. The van der Waals surface area contributed by atoms with Crippen LogP contribution in [0, 0.1) is 12.8 Å². The molecule has 1 aromatic carbocycles. The zero-order valence-electron chi connectivity index (χ0n) is 18.0. The van der Waals surface area contributed by atoms with Crippen LogP contribution in [-0.2, 0) is 4.79 Å². The predicted octanol–water partition coefficient (Wildman–Crippen LogP) is 4.21. The molecular formula is C24H24N4O3S. The van der Waals surface area contributed by atoms with Crippen molar-refractivity contribution in [2.24, 2.45) is 5.92 Å². The van der Waals surface area contributed by atoms with E-state index in [2.05, 4.69) is 15.3 Å². The minimum absolute atomic E-state index is 0.0545. The van der Waals surface area contributed by atoms with Crippen molar-refractivity contribution in [2.45, 2.75) is 26.7 Å². The summed E-state index contributed by atoms with van der Waals surface area (Å²) in [6.07, 6.45) is 4.90. The van der Waals surface area contributed by atoms with Gasteiger partial charge in [-0.05, 0) is 51.0 Å². The lowest BCUT2D eigenvalue weighted by Crippen LogP contribution is -2.43. The Labute approximate surface area is 190 Å². The molecule has 4 rings (SSSR count). The van der Waals surface area contributed by atoms with Crippen LogP contribution in [0.5, 0.6) is 0 Å². The highest BCUT2D eigenvalue weighted by atomic mass is 32.1. The Morgan fingerprint density at radius 2 is 2.03 bits per heavy atom. The van der Waals surface area contributed by atoms with Gasteiger partial charge in [-0.2, -0.15) is 0 Å². The second-order valence-corrected chi connectivity index (χ2v) is 8.89. The SMILES string of the molecule is CC(=O)c1cccc(NC(=O)C2CCCN(C(=O)c3sc(-c4cccnc4)nc3C)C2)c1. The minimum atomic E-state index is -0.306. The van der Waals surface area contributed by atoms with Crippen molar-refractivity contribution < 1.29 is 14.4 Å². The first-order valence-electron chi connectivity index (χ1n) is 10.5. The number of rotatable bonds is 5. The number of hydrogen-bond donors (Lipinski definition) is 1. The molecule has 164 valence electrons. The molecule has 1 aliphatic rings. The number of aromatic nitrogens is 2. The average molecular weight is 449 g/mol. The highest BCUT2D eigenvalue weighted by Crippen LogP contribution is 2.29. The third-order valence-electron chi connectivity index (χ3n) is 5.52. The van der Waals surface area contributed by atoms with Gasteiger partial charge in [-0.25, -0.2) is 4.98 Å². The smallest absolute Gasteiger partial charge is 0.265 e. The Balaban J connectivity index is 1.45. The van der Waals surface area contributed by atoms with Gasteiger partial charge in [-0.1, -0.05) is 12.1 Å². The van der Waals surface area contributed by atoms with E-state index in [1.165, 1.54) is 18.3 Å². The molecule has 2 amide bonds. The Hall–Kier alpha value is -3.39. The fraction of sp³-hybridized carbons (Fsp3) is 0.292. The van der Waals surface area contributed by atoms with Crippen LogP contribution >= 0.6 is 11.3 Å². The maximum absolute atomic E-state index is 13.2. The molecular weight excluding hydrogens is 424 g/mol. The predicted molar refractivity (Wildman–Crippen MR) is 124 cm³/mol. The van der Waals surface area contributed by atoms with Crippen molar-refractivity contribution in [1.82, 2.24) is 14.9 Å². The van der Waals surface area contributed by atoms with E-state index in [-0.39, 0.29) is 23.5 Å². The molecule has 7 nitrogen and oxygen atoms in total. The molecule has 1 N–H and O–H groups in total. The van der Waals surface area contributed by atoms with E-state index in [0.717, 1.165) is 17.0 Å². The van der Waals surface area contributed by atoms with Gasteiger partial charge >= 0.3 is 0 Å². The molecule has 8 heteroatoms. The van der Waals surface area contributed by atoms with E-state index < -0.39 is 0 Å². The van der Waals surface area contributed by atoms with Crippen LogP contribution in [0.2, 0.25) is 0 Å². The third kappa shape index (κ3) is 4.75. The van der Waals surface area contributed by atoms with Crippen molar-refractivity contribution in [3.05, 3.63) is 64.9 Å². The van der Waals surface area contributed by atoms with Crippen LogP contribution in [0.3, 0.4) is 0 Å². The van der Waals surface area contributed by atoms with E-state index in [0.29, 0.717) is 41.3 Å². The highest BCUT2D eigenvalue weighted by molar-refractivity contribution is 7.17. The number of aryl methyl sites for hydroxylation is 1. The van der Waals surface area contributed by atoms with E-state index in [1.54, 1.807) is 41.6 Å². The Morgan fingerprint density at radius 3 is 2.78 bits per heavy atom. The van der Waals surface area contributed by atoms with Gasteiger partial charge < -0.3 is 10.2 Å². The van der Waals surface area contributed by atoms with Gasteiger partial charge in [0.25, 0.3) is 5.91 Å². The molecule has 1 aliphatic heterocycles. The molecule has 1 atom stereocenters. The summed E-state index contributed by atoms with van der Waals surface area (Å²) in [5.41, 5.74) is 2.70. The number of carbonyl (C=O) groups is 3. The summed E-state index contributed by atoms with van der Waals surface area (Å²) in [6.45, 7) is 4.30. The average Bonchev–Trinajstić information content (AvgIpc) is 3.21. The number of nitrogens with one attached hydrogen (secondary N) is 1. The fourth-order valence-electron chi connectivity index (χ4n) is 3.79. The zero-order valence-corrected chi connectivity index (χ0v) is 18.8. The molecule has 1 saturated heterocycles. The number of piperidine rings is 1. The lowest BCUT2D eigenvalue weighted by molar-refractivity contribution is -0.121. The van der Waals surface area contributed by atoms with E-state index in [1.807, 2.05) is 19.1 Å². The van der Waals surface area contributed by atoms with Crippen LogP contribution in [0.15, 0.2) is 48.8 Å². The fourth-order valence-corrected chi connectivity index (χ4v) is 4.81. The van der Waals surface area contributed by atoms with Crippen molar-refractivity contribution in [3.63, 3.8) is 0 Å². The maximum Gasteiger partial charge on any atom is 0.265 e. The first-order chi connectivity index (χ1) is 15.4. The number of nitrogens with zero attached hydrogens (tertiary/aromatic N) is 3. The molecule has 2 aromatic heterocycles. The number of benzene rings is 1. The zero-order chi connectivity index (χ0) is 22.7. The molecule has 32 heavy (non-hydrogen) atoms. The number of anilines is 1. The summed E-state index contributed by atoms with van der Waals surface area (Å²) in [7, 11) is 0. The number of likely N-dealkylation sites (tertiary alicyclic amines) is 1. The van der Waals surface area contributed by atoms with Gasteiger partial charge in [0.15, 0.2) is 5.78 Å². The molecule has 1 fully saturated rings. The number of carbonyl (C=O) groups excluding carboxylic acids is 3. The van der Waals surface area contributed by atoms with Gasteiger partial charge in [0, 0.05) is 42.3 Å². The van der Waals surface area contributed by atoms with Crippen molar-refractivity contribution in [3.8, 4) is 10.6 Å². The number of Topliss-reactive ketones (excluding diaryl/α,β-unsaturated/α-hetero) is 1. The maximum atomic E-state index is 13.2. The Kier molecular flexibility index (Phi) is 6.41. The summed E-state index contributed by atoms with van der Waals surface area (Å²) < 4.78 is 0. The lowest BCUT2D eigenvalue weighted by Gasteiger charge is -2.31. The molecule has 0 radical (unpaired) electrons. The molecule has 0 saturated carbocycles. The largest absolute Gasteiger partial charge is 0.337 e. The van der Waals surface area contributed by atoms with Gasteiger partial charge in [0.2, 0.25) is 5.91 Å². The molecule has 3 heterocycles. The van der Waals surface area contributed by atoms with Crippen LogP contribution < -0.4 is 5.32 Å². The normalized spacial score (nSPS) is 15.9. The first kappa shape index (κ1) is 21.8. The van der Waals surface area contributed by atoms with Gasteiger partial charge in [-0.3, -0.25) is 19.4 Å². The van der Waals surface area contributed by atoms with Crippen molar-refractivity contribution in [2.75, 3.05) is 18.4 Å². The summed E-state index contributed by atoms with van der Waals surface area (Å²) in [4.78, 5) is 48.7. The number of amides is 2. The molecule has 0 bridgehead atoms. The molecule has 0 aliphatic carbocycles. The number of ketones is 1. The number of thiazole rings is 1. The van der Waals surface area contributed by atoms with Gasteiger partial charge in [-0.15, -0.1) is 11.3 Å². The van der Waals surface area contributed by atoms with E-state index >= 15 is 0 Å². The lowest BCUT2D eigenvalue weighted by atomic mass is 9.96. The molecule has 1 unspecified atom stereocenters.